The van der Waals surface area contributed by atoms with Crippen LogP contribution in [0.1, 0.15) is 0 Å². The minimum absolute atomic E-state index is 0.0662. The third-order valence-corrected chi connectivity index (χ3v) is 5.07. The summed E-state index contributed by atoms with van der Waals surface area (Å²) in [7, 11) is 2.91. The van der Waals surface area contributed by atoms with Gasteiger partial charge in [0.15, 0.2) is 19.2 Å². The van der Waals surface area contributed by atoms with Gasteiger partial charge >= 0.3 is 11.3 Å². The summed E-state index contributed by atoms with van der Waals surface area (Å²) in [5, 5.41) is 12.1. The summed E-state index contributed by atoms with van der Waals surface area (Å²) in [5.74, 6) is 0.207. The van der Waals surface area contributed by atoms with E-state index < -0.39 is 11.3 Å². The first-order valence-corrected chi connectivity index (χ1v) is 9.23. The zero-order chi connectivity index (χ0) is 21.7. The second-order valence-electron chi connectivity index (χ2n) is 6.80. The lowest BCUT2D eigenvalue weighted by molar-refractivity contribution is 0.0521. The van der Waals surface area contributed by atoms with Crippen molar-refractivity contribution in [3.8, 4) is 17.2 Å². The van der Waals surface area contributed by atoms with Gasteiger partial charge in [-0.2, -0.15) is 0 Å². The molecule has 5 rings (SSSR count). The van der Waals surface area contributed by atoms with Crippen LogP contribution < -0.4 is 20.7 Å². The fourth-order valence-corrected chi connectivity index (χ4v) is 3.87. The molecule has 3 aromatic carbocycles. The first-order chi connectivity index (χ1) is 15.1. The van der Waals surface area contributed by atoms with Crippen LogP contribution in [0.5, 0.6) is 17.2 Å². The first-order valence-electron chi connectivity index (χ1n) is 9.23. The SMILES string of the molecule is COCOc1ccc2oc(=O)c3c(O)c4cccc(OCOC)c4c4oc(=O)c1c2c34. The van der Waals surface area contributed by atoms with E-state index in [2.05, 4.69) is 0 Å². The van der Waals surface area contributed by atoms with Crippen LogP contribution in [-0.2, 0) is 9.47 Å². The Labute approximate surface area is 173 Å². The van der Waals surface area contributed by atoms with Crippen LogP contribution in [0.4, 0.5) is 0 Å². The molecule has 158 valence electrons. The van der Waals surface area contributed by atoms with Crippen molar-refractivity contribution in [1.82, 2.24) is 0 Å². The fourth-order valence-electron chi connectivity index (χ4n) is 3.87. The van der Waals surface area contributed by atoms with Gasteiger partial charge in [0, 0.05) is 30.4 Å². The second kappa shape index (κ2) is 7.15. The number of aromatic hydroxyl groups is 1. The molecule has 0 radical (unpaired) electrons. The molecule has 0 aliphatic rings. The van der Waals surface area contributed by atoms with Crippen molar-refractivity contribution in [3.63, 3.8) is 0 Å². The standard InChI is InChI=1S/C22H16O9/c1-26-8-28-11-5-3-4-10-14(11)20-17-15-13(30-22(25)18(17)19(10)23)7-6-12(29-9-27-2)16(15)21(24)31-20/h3-7,23H,8-9H2,1-2H3. The normalized spacial score (nSPS) is 11.8. The van der Waals surface area contributed by atoms with Gasteiger partial charge in [0.25, 0.3) is 0 Å². The highest BCUT2D eigenvalue weighted by molar-refractivity contribution is 6.29. The molecule has 0 amide bonds. The fraction of sp³-hybridized carbons (Fsp3) is 0.182. The van der Waals surface area contributed by atoms with Crippen LogP contribution in [-0.4, -0.2) is 32.9 Å². The predicted molar refractivity (Wildman–Crippen MR) is 111 cm³/mol. The van der Waals surface area contributed by atoms with Gasteiger partial charge in [-0.3, -0.25) is 0 Å². The quantitative estimate of drug-likeness (QED) is 0.190. The van der Waals surface area contributed by atoms with Gasteiger partial charge in [-0.25, -0.2) is 9.59 Å². The third-order valence-electron chi connectivity index (χ3n) is 5.07. The van der Waals surface area contributed by atoms with Crippen LogP contribution in [0, 0.1) is 0 Å². The van der Waals surface area contributed by atoms with E-state index in [0.29, 0.717) is 16.5 Å². The Kier molecular flexibility index (Phi) is 4.42. The molecule has 5 aromatic rings. The molecule has 0 saturated heterocycles. The van der Waals surface area contributed by atoms with Gasteiger partial charge < -0.3 is 32.9 Å². The van der Waals surface area contributed by atoms with E-state index in [0.717, 1.165) is 0 Å². The van der Waals surface area contributed by atoms with Gasteiger partial charge in [-0.1, -0.05) is 12.1 Å². The monoisotopic (exact) mass is 424 g/mol. The van der Waals surface area contributed by atoms with Gasteiger partial charge in [0.1, 0.15) is 33.6 Å². The zero-order valence-electron chi connectivity index (χ0n) is 16.5. The number of rotatable bonds is 6. The lowest BCUT2D eigenvalue weighted by Gasteiger charge is -2.15. The van der Waals surface area contributed by atoms with Crippen molar-refractivity contribution in [1.29, 1.82) is 0 Å². The van der Waals surface area contributed by atoms with Crippen LogP contribution in [0.25, 0.3) is 43.5 Å². The average Bonchev–Trinajstić information content (AvgIpc) is 2.77. The maximum Gasteiger partial charge on any atom is 0.348 e. The Morgan fingerprint density at radius 1 is 0.774 bits per heavy atom. The topological polar surface area (TPSA) is 118 Å². The Hall–Kier alpha value is -3.82. The maximum atomic E-state index is 13.0. The lowest BCUT2D eigenvalue weighted by Crippen LogP contribution is -2.10. The summed E-state index contributed by atoms with van der Waals surface area (Å²) in [6.45, 7) is -0.167. The molecule has 9 heteroatoms. The van der Waals surface area contributed by atoms with Gasteiger partial charge in [-0.15, -0.1) is 0 Å². The van der Waals surface area contributed by atoms with E-state index in [1.54, 1.807) is 18.2 Å². The molecule has 0 aliphatic carbocycles. The molecule has 9 nitrogen and oxygen atoms in total. The highest BCUT2D eigenvalue weighted by Gasteiger charge is 2.26. The lowest BCUT2D eigenvalue weighted by atomic mass is 9.97. The highest BCUT2D eigenvalue weighted by Crippen LogP contribution is 2.45. The third kappa shape index (κ3) is 2.71. The Balaban J connectivity index is 2.05. The minimum Gasteiger partial charge on any atom is -0.506 e. The van der Waals surface area contributed by atoms with Crippen LogP contribution in [0.3, 0.4) is 0 Å². The number of fused-ring (bicyclic) bond motifs is 2. The Morgan fingerprint density at radius 2 is 1.45 bits per heavy atom. The zero-order valence-corrected chi connectivity index (χ0v) is 16.5. The number of benzene rings is 3. The van der Waals surface area contributed by atoms with Crippen LogP contribution >= 0.6 is 0 Å². The molecule has 0 aliphatic heterocycles. The number of hydrogen-bond acceptors (Lipinski definition) is 9. The summed E-state index contributed by atoms with van der Waals surface area (Å²) < 4.78 is 32.1. The van der Waals surface area contributed by atoms with Gasteiger partial charge in [-0.05, 0) is 18.2 Å². The molecule has 0 bridgehead atoms. The molecule has 0 spiro atoms. The average molecular weight is 424 g/mol. The second-order valence-corrected chi connectivity index (χ2v) is 6.80. The number of hydrogen-bond donors (Lipinski definition) is 1. The van der Waals surface area contributed by atoms with E-state index >= 15 is 0 Å². The molecule has 2 heterocycles. The highest BCUT2D eigenvalue weighted by atomic mass is 16.7. The van der Waals surface area contributed by atoms with Gasteiger partial charge in [0.2, 0.25) is 0 Å². The van der Waals surface area contributed by atoms with Gasteiger partial charge in [0.05, 0.1) is 5.39 Å². The molecular weight excluding hydrogens is 408 g/mol. The van der Waals surface area contributed by atoms with Crippen molar-refractivity contribution in [2.45, 2.75) is 0 Å². The molecule has 0 fully saturated rings. The summed E-state index contributed by atoms with van der Waals surface area (Å²) in [5.41, 5.74) is -1.22. The molecule has 0 unspecified atom stereocenters. The minimum atomic E-state index is -0.763. The van der Waals surface area contributed by atoms with Crippen molar-refractivity contribution in [3.05, 3.63) is 51.2 Å². The Morgan fingerprint density at radius 3 is 2.16 bits per heavy atom. The summed E-state index contributed by atoms with van der Waals surface area (Å²) in [6, 6.07) is 7.88. The van der Waals surface area contributed by atoms with E-state index in [4.69, 9.17) is 27.8 Å². The summed E-state index contributed by atoms with van der Waals surface area (Å²) in [6.07, 6.45) is 0. The van der Waals surface area contributed by atoms with Crippen molar-refractivity contribution < 1.29 is 32.9 Å². The number of phenolic OH excluding ortho intramolecular Hbond substituents is 1. The number of phenols is 1. The predicted octanol–water partition coefficient (Wildman–Crippen LogP) is 3.31. The van der Waals surface area contributed by atoms with E-state index in [9.17, 15) is 14.7 Å². The first kappa shape index (κ1) is 19.2. The summed E-state index contributed by atoms with van der Waals surface area (Å²) in [4.78, 5) is 25.8. The van der Waals surface area contributed by atoms with Crippen LogP contribution in [0.2, 0.25) is 0 Å². The largest absolute Gasteiger partial charge is 0.506 e. The van der Waals surface area contributed by atoms with Crippen molar-refractivity contribution in [2.24, 2.45) is 0 Å². The smallest absolute Gasteiger partial charge is 0.348 e. The molecule has 0 atom stereocenters. The van der Waals surface area contributed by atoms with E-state index in [1.807, 2.05) is 0 Å². The molecule has 1 N–H and O–H groups in total. The van der Waals surface area contributed by atoms with Crippen molar-refractivity contribution >= 4 is 43.5 Å². The van der Waals surface area contributed by atoms with E-state index in [-0.39, 0.29) is 57.8 Å². The summed E-state index contributed by atoms with van der Waals surface area (Å²) >= 11 is 0. The molecule has 31 heavy (non-hydrogen) atoms. The molecular formula is C22H16O9. The molecule has 0 saturated carbocycles. The van der Waals surface area contributed by atoms with Crippen LogP contribution in [0.15, 0.2) is 48.8 Å². The van der Waals surface area contributed by atoms with E-state index in [1.165, 1.54) is 26.4 Å². The Bertz CT molecular complexity index is 1560. The number of methoxy groups -OCH3 is 2. The molecule has 2 aromatic heterocycles. The van der Waals surface area contributed by atoms with Crippen molar-refractivity contribution in [2.75, 3.05) is 27.8 Å². The maximum absolute atomic E-state index is 13.0. The number of ether oxygens (including phenoxy) is 4.